The summed E-state index contributed by atoms with van der Waals surface area (Å²) in [5, 5.41) is 0. The average Bonchev–Trinajstić information content (AvgIpc) is 3.35. The maximum absolute atomic E-state index is 5.75. The molecular weight excluding hydrogens is 508 g/mol. The first-order valence-electron chi connectivity index (χ1n) is 13.4. The van der Waals surface area contributed by atoms with Crippen LogP contribution in [0.25, 0.3) is 11.1 Å². The lowest BCUT2D eigenvalue weighted by Crippen LogP contribution is -2.29. The van der Waals surface area contributed by atoms with Crippen LogP contribution >= 0.6 is 0 Å². The molecule has 0 atom stereocenters. The van der Waals surface area contributed by atoms with Crippen LogP contribution in [-0.4, -0.2) is 28.4 Å². The monoisotopic (exact) mass is 538 g/mol. The van der Waals surface area contributed by atoms with Crippen molar-refractivity contribution in [1.82, 2.24) is 0 Å². The van der Waals surface area contributed by atoms with Gasteiger partial charge in [0.25, 0.3) is 0 Å². The normalized spacial score (nSPS) is 12.4. The van der Waals surface area contributed by atoms with Crippen LogP contribution in [0.5, 0.6) is 23.0 Å². The van der Waals surface area contributed by atoms with Gasteiger partial charge in [-0.25, -0.2) is 0 Å². The molecule has 4 nitrogen and oxygen atoms in total. The van der Waals surface area contributed by atoms with Gasteiger partial charge >= 0.3 is 0 Å². The molecule has 0 spiro atoms. The summed E-state index contributed by atoms with van der Waals surface area (Å²) in [5.41, 5.74) is 8.01. The van der Waals surface area contributed by atoms with Crippen molar-refractivity contribution in [3.05, 3.63) is 143 Å². The van der Waals surface area contributed by atoms with Crippen LogP contribution in [0.3, 0.4) is 0 Å². The molecule has 1 aliphatic carbocycles. The van der Waals surface area contributed by atoms with Gasteiger partial charge in [-0.15, -0.1) is 0 Å². The van der Waals surface area contributed by atoms with E-state index in [4.69, 9.17) is 18.9 Å². The van der Waals surface area contributed by atoms with Crippen molar-refractivity contribution >= 4 is 0 Å². The molecule has 0 fully saturated rings. The Morgan fingerprint density at radius 2 is 1.00 bits per heavy atom. The predicted molar refractivity (Wildman–Crippen MR) is 162 cm³/mol. The lowest BCUT2D eigenvalue weighted by Gasteiger charge is -2.35. The first-order chi connectivity index (χ1) is 20.1. The third kappa shape index (κ3) is 4.37. The second kappa shape index (κ2) is 10.8. The fourth-order valence-electron chi connectivity index (χ4n) is 5.88. The number of methoxy groups -OCH3 is 4. The fraction of sp³-hybridized carbons (Fsp3) is 0.135. The summed E-state index contributed by atoms with van der Waals surface area (Å²) >= 11 is 0. The molecule has 0 bridgehead atoms. The quantitative estimate of drug-likeness (QED) is 0.206. The fourth-order valence-corrected chi connectivity index (χ4v) is 5.88. The van der Waals surface area contributed by atoms with E-state index in [1.165, 1.54) is 0 Å². The Balaban J connectivity index is 1.68. The molecule has 0 amide bonds. The Morgan fingerprint density at radius 3 is 1.54 bits per heavy atom. The maximum Gasteiger partial charge on any atom is 0.119 e. The van der Waals surface area contributed by atoms with Crippen LogP contribution in [0.15, 0.2) is 109 Å². The van der Waals surface area contributed by atoms with E-state index in [0.29, 0.717) is 0 Å². The Morgan fingerprint density at radius 1 is 0.488 bits per heavy atom. The highest BCUT2D eigenvalue weighted by Gasteiger charge is 2.47. The number of ether oxygens (including phenoxy) is 4. The summed E-state index contributed by atoms with van der Waals surface area (Å²) in [4.78, 5) is 0. The molecule has 41 heavy (non-hydrogen) atoms. The Labute approximate surface area is 241 Å². The average molecular weight is 539 g/mol. The zero-order valence-corrected chi connectivity index (χ0v) is 23.5. The zero-order valence-electron chi connectivity index (χ0n) is 23.5. The molecule has 0 saturated carbocycles. The van der Waals surface area contributed by atoms with Gasteiger partial charge in [0.05, 0.1) is 33.9 Å². The molecule has 0 N–H and O–H groups in total. The highest BCUT2D eigenvalue weighted by molar-refractivity contribution is 5.89. The third-order valence-corrected chi connectivity index (χ3v) is 7.84. The molecule has 0 aliphatic heterocycles. The van der Waals surface area contributed by atoms with Crippen molar-refractivity contribution in [1.29, 1.82) is 0 Å². The van der Waals surface area contributed by atoms with Crippen LogP contribution in [-0.2, 0) is 5.41 Å². The van der Waals surface area contributed by atoms with E-state index < -0.39 is 5.41 Å². The lowest BCUT2D eigenvalue weighted by molar-refractivity contribution is 0.413. The van der Waals surface area contributed by atoms with Crippen molar-refractivity contribution < 1.29 is 18.9 Å². The minimum atomic E-state index is -0.664. The zero-order chi connectivity index (χ0) is 28.4. The Hall–Kier alpha value is -5.14. The molecule has 4 heteroatoms. The van der Waals surface area contributed by atoms with Crippen LogP contribution in [0, 0.1) is 11.8 Å². The smallest absolute Gasteiger partial charge is 0.119 e. The van der Waals surface area contributed by atoms with E-state index in [9.17, 15) is 0 Å². The Kier molecular flexibility index (Phi) is 6.87. The van der Waals surface area contributed by atoms with Gasteiger partial charge in [0.15, 0.2) is 0 Å². The molecule has 0 aromatic heterocycles. The van der Waals surface area contributed by atoms with Crippen LogP contribution in [0.2, 0.25) is 0 Å². The highest BCUT2D eigenvalue weighted by atomic mass is 16.5. The van der Waals surface area contributed by atoms with E-state index in [-0.39, 0.29) is 0 Å². The molecule has 202 valence electrons. The number of rotatable bonds is 6. The predicted octanol–water partition coefficient (Wildman–Crippen LogP) is 7.48. The maximum atomic E-state index is 5.75. The third-order valence-electron chi connectivity index (χ3n) is 7.84. The molecule has 1 aliphatic rings. The standard InChI is InChI=1S/C37H30O4/c1-38-29-16-9-25(10-17-29)8-11-26-6-5-7-34-33-23-22-32(41-4)24-35(33)37(36(26)34,27-12-18-30(39-2)19-13-27)28-14-20-31(40-3)21-15-28/h5-7,9-10,12-24H,1-4H3. The molecule has 0 heterocycles. The van der Waals surface area contributed by atoms with Crippen LogP contribution < -0.4 is 18.9 Å². The summed E-state index contributed by atoms with van der Waals surface area (Å²) in [6.45, 7) is 0. The molecule has 0 saturated heterocycles. The summed E-state index contributed by atoms with van der Waals surface area (Å²) in [6, 6.07) is 37.2. The SMILES string of the molecule is COc1ccc(C#Cc2cccc3c2C(c2ccc(OC)cc2)(c2ccc(OC)cc2)c2cc(OC)ccc2-3)cc1. The lowest BCUT2D eigenvalue weighted by atomic mass is 9.66. The second-order valence-electron chi connectivity index (χ2n) is 9.83. The molecule has 5 aromatic carbocycles. The van der Waals surface area contributed by atoms with Gasteiger partial charge in [-0.2, -0.15) is 0 Å². The van der Waals surface area contributed by atoms with Crippen LogP contribution in [0.1, 0.15) is 33.4 Å². The summed E-state index contributed by atoms with van der Waals surface area (Å²) in [5.74, 6) is 10.1. The van der Waals surface area contributed by atoms with Crippen molar-refractivity contribution in [2.24, 2.45) is 0 Å². The Bertz CT molecular complexity index is 1710. The summed E-state index contributed by atoms with van der Waals surface area (Å²) in [7, 11) is 6.74. The van der Waals surface area contributed by atoms with Gasteiger partial charge in [0.1, 0.15) is 23.0 Å². The summed E-state index contributed by atoms with van der Waals surface area (Å²) in [6.07, 6.45) is 0. The van der Waals surface area contributed by atoms with Gasteiger partial charge in [0, 0.05) is 11.1 Å². The van der Waals surface area contributed by atoms with E-state index in [2.05, 4.69) is 66.4 Å². The molecular formula is C37H30O4. The number of hydrogen-bond donors (Lipinski definition) is 0. The molecule has 0 unspecified atom stereocenters. The molecule has 6 rings (SSSR count). The molecule has 5 aromatic rings. The minimum absolute atomic E-state index is 0.664. The molecule has 0 radical (unpaired) electrons. The van der Waals surface area contributed by atoms with Crippen molar-refractivity contribution in [2.75, 3.05) is 28.4 Å². The first-order valence-corrected chi connectivity index (χ1v) is 13.4. The van der Waals surface area contributed by atoms with Gasteiger partial charge in [-0.1, -0.05) is 54.3 Å². The van der Waals surface area contributed by atoms with Gasteiger partial charge in [-0.3, -0.25) is 0 Å². The van der Waals surface area contributed by atoms with E-state index in [1.54, 1.807) is 28.4 Å². The second-order valence-corrected chi connectivity index (χ2v) is 9.83. The van der Waals surface area contributed by atoms with Crippen molar-refractivity contribution in [2.45, 2.75) is 5.41 Å². The van der Waals surface area contributed by atoms with Gasteiger partial charge in [-0.05, 0) is 100 Å². The largest absolute Gasteiger partial charge is 0.497 e. The first kappa shape index (κ1) is 26.1. The van der Waals surface area contributed by atoms with Gasteiger partial charge < -0.3 is 18.9 Å². The number of benzene rings is 5. The number of fused-ring (bicyclic) bond motifs is 3. The summed E-state index contributed by atoms with van der Waals surface area (Å²) < 4.78 is 22.2. The topological polar surface area (TPSA) is 36.9 Å². The minimum Gasteiger partial charge on any atom is -0.497 e. The van der Waals surface area contributed by atoms with Crippen molar-refractivity contribution in [3.63, 3.8) is 0 Å². The van der Waals surface area contributed by atoms with E-state index in [1.807, 2.05) is 54.6 Å². The van der Waals surface area contributed by atoms with Crippen LogP contribution in [0.4, 0.5) is 0 Å². The number of hydrogen-bond acceptors (Lipinski definition) is 4. The van der Waals surface area contributed by atoms with E-state index in [0.717, 1.165) is 67.5 Å². The van der Waals surface area contributed by atoms with Crippen molar-refractivity contribution in [3.8, 4) is 46.0 Å². The highest BCUT2D eigenvalue weighted by Crippen LogP contribution is 2.58. The van der Waals surface area contributed by atoms with Gasteiger partial charge in [0.2, 0.25) is 0 Å². The van der Waals surface area contributed by atoms with E-state index >= 15 is 0 Å².